The quantitative estimate of drug-likeness (QED) is 0.268. The van der Waals surface area contributed by atoms with Gasteiger partial charge in [-0.1, -0.05) is 54.3 Å². The van der Waals surface area contributed by atoms with E-state index in [2.05, 4.69) is 54.5 Å². The lowest BCUT2D eigenvalue weighted by molar-refractivity contribution is -0.115. The molecule has 0 spiro atoms. The summed E-state index contributed by atoms with van der Waals surface area (Å²) < 4.78 is 0.871. The van der Waals surface area contributed by atoms with Gasteiger partial charge in [-0.15, -0.1) is 21.5 Å². The van der Waals surface area contributed by atoms with Crippen LogP contribution in [0.3, 0.4) is 0 Å². The number of thioether (sulfide) groups is 1. The number of para-hydroxylation sites is 1. The largest absolute Gasteiger partial charge is 0.330 e. The number of carbonyl (C=O) groups excluding carboxylic acids is 1. The minimum Gasteiger partial charge on any atom is -0.330 e. The molecule has 0 aliphatic carbocycles. The van der Waals surface area contributed by atoms with E-state index < -0.39 is 0 Å². The van der Waals surface area contributed by atoms with Gasteiger partial charge in [0.15, 0.2) is 9.47 Å². The zero-order valence-electron chi connectivity index (χ0n) is 19.0. The lowest BCUT2D eigenvalue weighted by atomic mass is 10.1. The van der Waals surface area contributed by atoms with Crippen LogP contribution in [0, 0.1) is 13.8 Å². The summed E-state index contributed by atoms with van der Waals surface area (Å²) in [6.45, 7) is 7.86. The fourth-order valence-corrected chi connectivity index (χ4v) is 5.95. The van der Waals surface area contributed by atoms with E-state index in [1.54, 1.807) is 23.6 Å². The normalized spacial score (nSPS) is 10.9. The van der Waals surface area contributed by atoms with E-state index in [1.165, 1.54) is 33.8 Å². The zero-order chi connectivity index (χ0) is 23.4. The van der Waals surface area contributed by atoms with Crippen molar-refractivity contribution in [2.75, 3.05) is 10.2 Å². The van der Waals surface area contributed by atoms with Crippen LogP contribution in [0.4, 0.5) is 21.6 Å². The molecular formula is C24H25N5OS3. The van der Waals surface area contributed by atoms with Gasteiger partial charge in [0.25, 0.3) is 0 Å². The SMILES string of the molecule is CCc1ccccc1N(C(C)=O)c1nc(CSc2nnc(Nc3ccc(C)c(C)c3)s2)cs1. The molecule has 33 heavy (non-hydrogen) atoms. The lowest BCUT2D eigenvalue weighted by Gasteiger charge is -2.20. The van der Waals surface area contributed by atoms with Crippen molar-refractivity contribution in [2.45, 2.75) is 44.2 Å². The second kappa shape index (κ2) is 10.5. The Morgan fingerprint density at radius 3 is 2.70 bits per heavy atom. The number of amides is 1. The number of nitrogens with zero attached hydrogens (tertiary/aromatic N) is 4. The smallest absolute Gasteiger partial charge is 0.230 e. The number of thiazole rings is 1. The van der Waals surface area contributed by atoms with Crippen molar-refractivity contribution in [1.29, 1.82) is 0 Å². The molecule has 2 heterocycles. The van der Waals surface area contributed by atoms with E-state index in [0.29, 0.717) is 10.9 Å². The predicted molar refractivity (Wildman–Crippen MR) is 139 cm³/mol. The van der Waals surface area contributed by atoms with E-state index in [1.807, 2.05) is 29.6 Å². The van der Waals surface area contributed by atoms with E-state index in [4.69, 9.17) is 4.98 Å². The predicted octanol–water partition coefficient (Wildman–Crippen LogP) is 6.89. The van der Waals surface area contributed by atoms with Crippen LogP contribution >= 0.6 is 34.4 Å². The van der Waals surface area contributed by atoms with Crippen molar-refractivity contribution in [3.05, 3.63) is 70.2 Å². The number of benzene rings is 2. The number of carbonyl (C=O) groups is 1. The molecule has 9 heteroatoms. The summed E-state index contributed by atoms with van der Waals surface area (Å²) in [5.41, 5.74) is 6.44. The maximum Gasteiger partial charge on any atom is 0.230 e. The van der Waals surface area contributed by atoms with Gasteiger partial charge in [0, 0.05) is 23.7 Å². The topological polar surface area (TPSA) is 71.0 Å². The Morgan fingerprint density at radius 2 is 1.94 bits per heavy atom. The van der Waals surface area contributed by atoms with Crippen LogP contribution in [-0.4, -0.2) is 21.1 Å². The van der Waals surface area contributed by atoms with Crippen molar-refractivity contribution in [3.8, 4) is 0 Å². The number of anilines is 4. The summed E-state index contributed by atoms with van der Waals surface area (Å²) in [6, 6.07) is 14.2. The van der Waals surface area contributed by atoms with Gasteiger partial charge in [-0.2, -0.15) is 0 Å². The average Bonchev–Trinajstić information content (AvgIpc) is 3.45. The van der Waals surface area contributed by atoms with Crippen LogP contribution in [0.1, 0.15) is 36.2 Å². The number of rotatable bonds is 8. The van der Waals surface area contributed by atoms with Crippen LogP contribution < -0.4 is 10.2 Å². The van der Waals surface area contributed by atoms with Gasteiger partial charge in [-0.05, 0) is 55.2 Å². The molecule has 1 N–H and O–H groups in total. The zero-order valence-corrected chi connectivity index (χ0v) is 21.4. The van der Waals surface area contributed by atoms with Gasteiger partial charge in [-0.25, -0.2) is 4.98 Å². The standard InChI is InChI=1S/C24H25N5OS3/c1-5-18-8-6-7-9-21(18)29(17(4)30)23-26-20(13-31-23)14-32-24-28-27-22(33-24)25-19-11-10-15(2)16(3)12-19/h6-13H,5,14H2,1-4H3,(H,25,27). The van der Waals surface area contributed by atoms with Gasteiger partial charge >= 0.3 is 0 Å². The highest BCUT2D eigenvalue weighted by atomic mass is 32.2. The molecule has 0 atom stereocenters. The van der Waals surface area contributed by atoms with Gasteiger partial charge in [0.1, 0.15) is 0 Å². The van der Waals surface area contributed by atoms with E-state index in [9.17, 15) is 4.79 Å². The first-order valence-electron chi connectivity index (χ1n) is 10.6. The van der Waals surface area contributed by atoms with Crippen LogP contribution in [0.15, 0.2) is 52.2 Å². The van der Waals surface area contributed by atoms with E-state index in [-0.39, 0.29) is 5.91 Å². The molecule has 0 bridgehead atoms. The number of aryl methyl sites for hydroxylation is 3. The minimum atomic E-state index is -0.0457. The fraction of sp³-hybridized carbons (Fsp3) is 0.250. The van der Waals surface area contributed by atoms with Gasteiger partial charge in [0.2, 0.25) is 11.0 Å². The third-order valence-electron chi connectivity index (χ3n) is 5.17. The summed E-state index contributed by atoms with van der Waals surface area (Å²) in [4.78, 5) is 18.9. The fourth-order valence-electron chi connectivity index (χ4n) is 3.30. The Hall–Kier alpha value is -2.75. The molecule has 0 saturated heterocycles. The Labute approximate surface area is 206 Å². The molecule has 2 aromatic carbocycles. The lowest BCUT2D eigenvalue weighted by Crippen LogP contribution is -2.23. The Balaban J connectivity index is 1.42. The van der Waals surface area contributed by atoms with Gasteiger partial charge in [-0.3, -0.25) is 9.69 Å². The molecule has 4 rings (SSSR count). The van der Waals surface area contributed by atoms with Crippen LogP contribution in [0.2, 0.25) is 0 Å². The van der Waals surface area contributed by atoms with Crippen molar-refractivity contribution in [3.63, 3.8) is 0 Å². The van der Waals surface area contributed by atoms with Gasteiger partial charge < -0.3 is 5.32 Å². The Kier molecular flexibility index (Phi) is 7.42. The van der Waals surface area contributed by atoms with E-state index in [0.717, 1.165) is 38.5 Å². The van der Waals surface area contributed by atoms with Crippen molar-refractivity contribution in [1.82, 2.24) is 15.2 Å². The highest BCUT2D eigenvalue weighted by molar-refractivity contribution is 8.00. The maximum absolute atomic E-state index is 12.5. The highest BCUT2D eigenvalue weighted by Gasteiger charge is 2.20. The summed E-state index contributed by atoms with van der Waals surface area (Å²) in [5.74, 6) is 0.617. The third kappa shape index (κ3) is 5.61. The molecule has 0 aliphatic rings. The minimum absolute atomic E-state index is 0.0457. The van der Waals surface area contributed by atoms with Crippen LogP contribution in [-0.2, 0) is 17.0 Å². The summed E-state index contributed by atoms with van der Waals surface area (Å²) in [7, 11) is 0. The molecule has 2 aromatic heterocycles. The third-order valence-corrected chi connectivity index (χ3v) is 8.05. The summed E-state index contributed by atoms with van der Waals surface area (Å²) in [6.07, 6.45) is 0.851. The maximum atomic E-state index is 12.5. The summed E-state index contributed by atoms with van der Waals surface area (Å²) >= 11 is 4.59. The molecule has 0 radical (unpaired) electrons. The van der Waals surface area contributed by atoms with Gasteiger partial charge in [0.05, 0.1) is 11.4 Å². The first kappa shape index (κ1) is 23.4. The molecule has 6 nitrogen and oxygen atoms in total. The van der Waals surface area contributed by atoms with Crippen molar-refractivity contribution >= 4 is 62.0 Å². The first-order valence-corrected chi connectivity index (χ1v) is 13.3. The van der Waals surface area contributed by atoms with Crippen molar-refractivity contribution in [2.24, 2.45) is 0 Å². The average molecular weight is 496 g/mol. The molecular weight excluding hydrogens is 470 g/mol. The summed E-state index contributed by atoms with van der Waals surface area (Å²) in [5, 5.41) is 15.3. The molecule has 0 aliphatic heterocycles. The highest BCUT2D eigenvalue weighted by Crippen LogP contribution is 2.34. The molecule has 170 valence electrons. The second-order valence-corrected chi connectivity index (χ2v) is 10.6. The molecule has 4 aromatic rings. The molecule has 0 fully saturated rings. The molecule has 1 amide bonds. The Bertz CT molecular complexity index is 1270. The van der Waals surface area contributed by atoms with Crippen LogP contribution in [0.25, 0.3) is 0 Å². The number of hydrogen-bond acceptors (Lipinski definition) is 8. The number of aromatic nitrogens is 3. The first-order chi connectivity index (χ1) is 15.9. The number of hydrogen-bond donors (Lipinski definition) is 1. The Morgan fingerprint density at radius 1 is 1.12 bits per heavy atom. The van der Waals surface area contributed by atoms with E-state index >= 15 is 0 Å². The molecule has 0 saturated carbocycles. The van der Waals surface area contributed by atoms with Crippen LogP contribution in [0.5, 0.6) is 0 Å². The number of nitrogens with one attached hydrogen (secondary N) is 1. The van der Waals surface area contributed by atoms with Crippen molar-refractivity contribution < 1.29 is 4.79 Å². The molecule has 0 unspecified atom stereocenters. The second-order valence-electron chi connectivity index (χ2n) is 7.54. The monoisotopic (exact) mass is 495 g/mol.